The molecule has 6 heteroatoms. The molecule has 96 valence electrons. The molecule has 0 aliphatic carbocycles. The molecule has 1 aromatic carbocycles. The zero-order chi connectivity index (χ0) is 13.3. The zero-order valence-electron chi connectivity index (χ0n) is 10.1. The van der Waals surface area contributed by atoms with Gasteiger partial charge in [0, 0.05) is 10.6 Å². The lowest BCUT2D eigenvalue weighted by Gasteiger charge is -2.19. The zero-order valence-corrected chi connectivity index (χ0v) is 13.0. The average molecular weight is 377 g/mol. The van der Waals surface area contributed by atoms with Crippen LogP contribution in [-0.2, 0) is 7.05 Å². The smallest absolute Gasteiger partial charge is 0.0903 e. The van der Waals surface area contributed by atoms with Crippen molar-refractivity contribution in [3.05, 3.63) is 49.8 Å². The predicted molar refractivity (Wildman–Crippen MR) is 81.3 cm³/mol. The highest BCUT2D eigenvalue weighted by molar-refractivity contribution is 14.1. The maximum Gasteiger partial charge on any atom is 0.0903 e. The van der Waals surface area contributed by atoms with Gasteiger partial charge in [-0.25, -0.2) is 5.43 Å². The van der Waals surface area contributed by atoms with Crippen LogP contribution in [0, 0.1) is 10.5 Å². The first-order valence-corrected chi connectivity index (χ1v) is 6.90. The van der Waals surface area contributed by atoms with E-state index in [4.69, 9.17) is 17.4 Å². The highest BCUT2D eigenvalue weighted by Crippen LogP contribution is 2.31. The molecule has 1 aromatic heterocycles. The fourth-order valence-electron chi connectivity index (χ4n) is 1.95. The quantitative estimate of drug-likeness (QED) is 0.492. The second-order valence-electron chi connectivity index (χ2n) is 4.08. The summed E-state index contributed by atoms with van der Waals surface area (Å²) in [5.74, 6) is 5.70. The molecular weight excluding hydrogens is 363 g/mol. The fourth-order valence-corrected chi connectivity index (χ4v) is 2.90. The Morgan fingerprint density at radius 3 is 2.78 bits per heavy atom. The second-order valence-corrected chi connectivity index (χ2v) is 5.57. The molecule has 0 fully saturated rings. The van der Waals surface area contributed by atoms with Gasteiger partial charge in [-0.1, -0.05) is 29.8 Å². The van der Waals surface area contributed by atoms with Crippen LogP contribution in [0.1, 0.15) is 22.9 Å². The Balaban J connectivity index is 2.56. The van der Waals surface area contributed by atoms with Gasteiger partial charge in [-0.3, -0.25) is 10.5 Å². The van der Waals surface area contributed by atoms with Crippen LogP contribution >= 0.6 is 34.2 Å². The molecule has 0 spiro atoms. The molecular formula is C12H14ClIN4. The Labute approximate surface area is 125 Å². The number of hydrogen-bond acceptors (Lipinski definition) is 3. The van der Waals surface area contributed by atoms with Gasteiger partial charge in [-0.15, -0.1) is 0 Å². The summed E-state index contributed by atoms with van der Waals surface area (Å²) >= 11 is 8.50. The number of hydrazine groups is 1. The van der Waals surface area contributed by atoms with Gasteiger partial charge in [0.15, 0.2) is 0 Å². The topological polar surface area (TPSA) is 55.9 Å². The lowest BCUT2D eigenvalue weighted by atomic mass is 10.0. The lowest BCUT2D eigenvalue weighted by molar-refractivity contribution is 0.573. The molecule has 0 radical (unpaired) electrons. The monoisotopic (exact) mass is 376 g/mol. The van der Waals surface area contributed by atoms with E-state index in [-0.39, 0.29) is 6.04 Å². The molecule has 18 heavy (non-hydrogen) atoms. The summed E-state index contributed by atoms with van der Waals surface area (Å²) in [7, 11) is 1.86. The van der Waals surface area contributed by atoms with Crippen LogP contribution in [0.5, 0.6) is 0 Å². The third-order valence-electron chi connectivity index (χ3n) is 2.91. The number of aryl methyl sites for hydroxylation is 2. The number of nitrogens with one attached hydrogen (secondary N) is 1. The summed E-state index contributed by atoms with van der Waals surface area (Å²) in [4.78, 5) is 0. The highest BCUT2D eigenvalue weighted by Gasteiger charge is 2.22. The number of aromatic nitrogens is 2. The van der Waals surface area contributed by atoms with Crippen LogP contribution in [0.25, 0.3) is 0 Å². The number of halogens is 2. The fraction of sp³-hybridized carbons (Fsp3) is 0.250. The minimum atomic E-state index is -0.170. The predicted octanol–water partition coefficient (Wildman–Crippen LogP) is 2.54. The first-order chi connectivity index (χ1) is 8.56. The van der Waals surface area contributed by atoms with E-state index in [0.29, 0.717) is 5.02 Å². The standard InChI is InChI=1S/C12H14ClIN4/c1-7-4-3-5-8(10(7)14)11(17-15)12-9(13)6-16-18(12)2/h3-6,11,17H,15H2,1-2H3. The molecule has 3 N–H and O–H groups in total. The minimum Gasteiger partial charge on any atom is -0.271 e. The number of hydrogen-bond donors (Lipinski definition) is 2. The van der Waals surface area contributed by atoms with Crippen LogP contribution in [0.3, 0.4) is 0 Å². The Morgan fingerprint density at radius 2 is 2.22 bits per heavy atom. The minimum absolute atomic E-state index is 0.170. The molecule has 1 heterocycles. The summed E-state index contributed by atoms with van der Waals surface area (Å²) in [6.07, 6.45) is 1.63. The van der Waals surface area contributed by atoms with Crippen molar-refractivity contribution in [1.29, 1.82) is 0 Å². The molecule has 2 rings (SSSR count). The van der Waals surface area contributed by atoms with Gasteiger partial charge in [0.05, 0.1) is 23.0 Å². The molecule has 4 nitrogen and oxygen atoms in total. The number of nitrogens with zero attached hydrogens (tertiary/aromatic N) is 2. The molecule has 0 amide bonds. The van der Waals surface area contributed by atoms with Crippen LogP contribution in [0.4, 0.5) is 0 Å². The Kier molecular flexibility index (Phi) is 4.26. The molecule has 0 saturated carbocycles. The van der Waals surface area contributed by atoms with Gasteiger partial charge in [0.2, 0.25) is 0 Å². The molecule has 1 atom stereocenters. The molecule has 0 aliphatic rings. The van der Waals surface area contributed by atoms with Crippen molar-refractivity contribution < 1.29 is 0 Å². The summed E-state index contributed by atoms with van der Waals surface area (Å²) in [6, 6.07) is 5.96. The molecule has 0 aliphatic heterocycles. The van der Waals surface area contributed by atoms with E-state index in [1.807, 2.05) is 19.2 Å². The van der Waals surface area contributed by atoms with Crippen LogP contribution < -0.4 is 11.3 Å². The summed E-state index contributed by atoms with van der Waals surface area (Å²) in [6.45, 7) is 2.07. The van der Waals surface area contributed by atoms with E-state index < -0.39 is 0 Å². The van der Waals surface area contributed by atoms with Gasteiger partial charge >= 0.3 is 0 Å². The third kappa shape index (κ3) is 2.40. The van der Waals surface area contributed by atoms with Crippen LogP contribution in [0.15, 0.2) is 24.4 Å². The van der Waals surface area contributed by atoms with E-state index in [2.05, 4.69) is 46.1 Å². The van der Waals surface area contributed by atoms with Crippen molar-refractivity contribution in [2.45, 2.75) is 13.0 Å². The average Bonchev–Trinajstić information content (AvgIpc) is 2.67. The van der Waals surface area contributed by atoms with Gasteiger partial charge in [0.1, 0.15) is 0 Å². The Bertz CT molecular complexity index is 548. The number of rotatable bonds is 3. The van der Waals surface area contributed by atoms with Crippen molar-refractivity contribution in [3.8, 4) is 0 Å². The maximum atomic E-state index is 6.18. The molecule has 0 bridgehead atoms. The van der Waals surface area contributed by atoms with Crippen LogP contribution in [-0.4, -0.2) is 9.78 Å². The van der Waals surface area contributed by atoms with Gasteiger partial charge in [-0.05, 0) is 40.6 Å². The van der Waals surface area contributed by atoms with Gasteiger partial charge in [-0.2, -0.15) is 5.10 Å². The van der Waals surface area contributed by atoms with Crippen LogP contribution in [0.2, 0.25) is 5.02 Å². The Hall–Kier alpha value is -0.630. The van der Waals surface area contributed by atoms with Crippen molar-refractivity contribution in [3.63, 3.8) is 0 Å². The van der Waals surface area contributed by atoms with E-state index in [0.717, 1.165) is 11.3 Å². The summed E-state index contributed by atoms with van der Waals surface area (Å²) < 4.78 is 2.92. The highest BCUT2D eigenvalue weighted by atomic mass is 127. The third-order valence-corrected chi connectivity index (χ3v) is 4.68. The second kappa shape index (κ2) is 5.56. The van der Waals surface area contributed by atoms with E-state index in [1.165, 1.54) is 9.13 Å². The lowest BCUT2D eigenvalue weighted by Crippen LogP contribution is -2.31. The molecule has 0 saturated heterocycles. The van der Waals surface area contributed by atoms with Crippen molar-refractivity contribution >= 4 is 34.2 Å². The van der Waals surface area contributed by atoms with Crippen molar-refractivity contribution in [1.82, 2.24) is 15.2 Å². The number of nitrogens with two attached hydrogens (primary N) is 1. The normalized spacial score (nSPS) is 12.7. The van der Waals surface area contributed by atoms with Gasteiger partial charge < -0.3 is 0 Å². The van der Waals surface area contributed by atoms with Crippen molar-refractivity contribution in [2.24, 2.45) is 12.9 Å². The molecule has 2 aromatic rings. The van der Waals surface area contributed by atoms with E-state index >= 15 is 0 Å². The van der Waals surface area contributed by atoms with E-state index in [9.17, 15) is 0 Å². The van der Waals surface area contributed by atoms with E-state index in [1.54, 1.807) is 10.9 Å². The SMILES string of the molecule is Cc1cccc(C(NN)c2c(Cl)cnn2C)c1I. The summed E-state index contributed by atoms with van der Waals surface area (Å²) in [5.41, 5.74) is 6.00. The first-order valence-electron chi connectivity index (χ1n) is 5.44. The first kappa shape index (κ1) is 13.8. The van der Waals surface area contributed by atoms with Gasteiger partial charge in [0.25, 0.3) is 0 Å². The Morgan fingerprint density at radius 1 is 1.50 bits per heavy atom. The largest absolute Gasteiger partial charge is 0.271 e. The molecule has 1 unspecified atom stereocenters. The maximum absolute atomic E-state index is 6.18. The summed E-state index contributed by atoms with van der Waals surface area (Å²) in [5, 5.41) is 4.76. The van der Waals surface area contributed by atoms with Crippen molar-refractivity contribution in [2.75, 3.05) is 0 Å². The number of benzene rings is 1.